The quantitative estimate of drug-likeness (QED) is 0.457. The molecular formula is C27H32N6O5S. The maximum Gasteiger partial charge on any atom is 0.255 e. The Morgan fingerprint density at radius 2 is 1.92 bits per heavy atom. The Bertz CT molecular complexity index is 1480. The molecule has 2 aliphatic heterocycles. The summed E-state index contributed by atoms with van der Waals surface area (Å²) in [5.41, 5.74) is 6.98. The highest BCUT2D eigenvalue weighted by atomic mass is 32.2. The molecule has 0 saturated heterocycles. The van der Waals surface area contributed by atoms with E-state index in [1.54, 1.807) is 19.2 Å². The molecule has 0 bridgehead atoms. The topological polar surface area (TPSA) is 142 Å². The molecule has 2 amide bonds. The van der Waals surface area contributed by atoms with Crippen LogP contribution < -0.4 is 16.1 Å². The number of rotatable bonds is 8. The van der Waals surface area contributed by atoms with E-state index in [2.05, 4.69) is 21.1 Å². The van der Waals surface area contributed by atoms with Crippen LogP contribution in [0.4, 0.5) is 11.4 Å². The number of ether oxygens (including phenoxy) is 1. The molecular weight excluding hydrogens is 520 g/mol. The zero-order valence-corrected chi connectivity index (χ0v) is 23.3. The summed E-state index contributed by atoms with van der Waals surface area (Å²) in [6.45, 7) is 6.55. The zero-order valence-electron chi connectivity index (χ0n) is 22.5. The van der Waals surface area contributed by atoms with Crippen LogP contribution >= 0.6 is 0 Å². The van der Waals surface area contributed by atoms with Crippen molar-refractivity contribution in [1.29, 1.82) is 0 Å². The Kier molecular flexibility index (Phi) is 8.17. The number of benzene rings is 2. The van der Waals surface area contributed by atoms with Gasteiger partial charge in [0.25, 0.3) is 5.91 Å². The van der Waals surface area contributed by atoms with Gasteiger partial charge in [0.15, 0.2) is 15.7 Å². The van der Waals surface area contributed by atoms with Gasteiger partial charge < -0.3 is 15.4 Å². The molecule has 12 heteroatoms. The number of aryl methyl sites for hydroxylation is 1. The van der Waals surface area contributed by atoms with Crippen LogP contribution in [-0.4, -0.2) is 70.0 Å². The van der Waals surface area contributed by atoms with E-state index in [1.165, 1.54) is 30.6 Å². The lowest BCUT2D eigenvalue weighted by atomic mass is 10.0. The van der Waals surface area contributed by atoms with Crippen molar-refractivity contribution < 1.29 is 22.7 Å². The predicted molar refractivity (Wildman–Crippen MR) is 150 cm³/mol. The first-order valence-electron chi connectivity index (χ1n) is 12.4. The second-order valence-corrected chi connectivity index (χ2v) is 11.7. The zero-order chi connectivity index (χ0) is 28.3. The van der Waals surface area contributed by atoms with Gasteiger partial charge in [-0.1, -0.05) is 6.07 Å². The first kappa shape index (κ1) is 28.0. The highest BCUT2D eigenvalue weighted by molar-refractivity contribution is 7.90. The van der Waals surface area contributed by atoms with Crippen molar-refractivity contribution in [1.82, 2.24) is 15.8 Å². The third-order valence-corrected chi connectivity index (χ3v) is 7.63. The monoisotopic (exact) mass is 552 g/mol. The Balaban J connectivity index is 1.56. The van der Waals surface area contributed by atoms with Crippen molar-refractivity contribution in [3.8, 4) is 0 Å². The Hall–Kier alpha value is -4.03. The van der Waals surface area contributed by atoms with Gasteiger partial charge in [-0.05, 0) is 68.3 Å². The van der Waals surface area contributed by atoms with Gasteiger partial charge in [0.2, 0.25) is 5.91 Å². The van der Waals surface area contributed by atoms with Crippen molar-refractivity contribution in [3.63, 3.8) is 0 Å². The fraction of sp³-hybridized carbons (Fsp3) is 0.333. The number of anilines is 1. The second-order valence-electron chi connectivity index (χ2n) is 9.63. The lowest BCUT2D eigenvalue weighted by Crippen LogP contribution is -2.44. The molecule has 1 unspecified atom stereocenters. The average Bonchev–Trinajstić information content (AvgIpc) is 3.23. The van der Waals surface area contributed by atoms with Crippen molar-refractivity contribution in [2.75, 3.05) is 31.8 Å². The SMILES string of the molecule is COC[C@H](C)NC(=O)C1CN2NC=NC(=Nc3cc(NC(=O)c4ccc(S(C)(=O)=O)cc4)ccc3C)C2=C1C. The molecule has 39 heavy (non-hydrogen) atoms. The van der Waals surface area contributed by atoms with Gasteiger partial charge in [0.1, 0.15) is 12.0 Å². The number of carbonyl (C=O) groups is 2. The number of sulfone groups is 1. The first-order valence-corrected chi connectivity index (χ1v) is 14.2. The number of hydrogen-bond donors (Lipinski definition) is 3. The molecule has 0 fully saturated rings. The summed E-state index contributed by atoms with van der Waals surface area (Å²) in [5, 5.41) is 7.67. The molecule has 0 aliphatic carbocycles. The van der Waals surface area contributed by atoms with Gasteiger partial charge in [-0.2, -0.15) is 0 Å². The van der Waals surface area contributed by atoms with Gasteiger partial charge in [-0.3, -0.25) is 20.0 Å². The van der Waals surface area contributed by atoms with Crippen LogP contribution in [0.15, 0.2) is 68.6 Å². The minimum absolute atomic E-state index is 0.0921. The molecule has 3 N–H and O–H groups in total. The summed E-state index contributed by atoms with van der Waals surface area (Å²) in [4.78, 5) is 35.1. The Labute approximate surface area is 227 Å². The summed E-state index contributed by atoms with van der Waals surface area (Å²) in [5.74, 6) is -0.394. The van der Waals surface area contributed by atoms with Gasteiger partial charge in [0.05, 0.1) is 29.7 Å². The number of hydrogen-bond acceptors (Lipinski definition) is 8. The molecule has 0 saturated carbocycles. The highest BCUT2D eigenvalue weighted by Gasteiger charge is 2.37. The van der Waals surface area contributed by atoms with Crippen LogP contribution in [0.3, 0.4) is 0 Å². The predicted octanol–water partition coefficient (Wildman–Crippen LogP) is 2.58. The Morgan fingerprint density at radius 3 is 2.59 bits per heavy atom. The molecule has 0 spiro atoms. The van der Waals surface area contributed by atoms with E-state index in [-0.39, 0.29) is 28.7 Å². The summed E-state index contributed by atoms with van der Waals surface area (Å²) < 4.78 is 28.5. The molecule has 4 rings (SSSR count). The molecule has 11 nitrogen and oxygen atoms in total. The lowest BCUT2D eigenvalue weighted by Gasteiger charge is -2.25. The van der Waals surface area contributed by atoms with Crippen molar-refractivity contribution in [3.05, 3.63) is 64.9 Å². The standard InChI is InChI=1S/C27H32N6O5S/c1-16-6-9-20(31-26(34)19-7-10-21(11-8-19)39(5,36)37)12-23(16)32-25-24-18(3)22(13-33(24)29-15-28-25)27(35)30-17(2)14-38-4/h6-12,15,17,22H,13-14H2,1-5H3,(H,30,35)(H,31,34)(H,28,29,32)/t17-,22?/m0/s1. The van der Waals surface area contributed by atoms with E-state index < -0.39 is 9.84 Å². The Morgan fingerprint density at radius 1 is 1.21 bits per heavy atom. The number of amidine groups is 1. The van der Waals surface area contributed by atoms with E-state index in [0.717, 1.165) is 23.1 Å². The maximum absolute atomic E-state index is 12.9. The second kappa shape index (κ2) is 11.4. The van der Waals surface area contributed by atoms with E-state index >= 15 is 0 Å². The van der Waals surface area contributed by atoms with Crippen molar-refractivity contribution in [2.45, 2.75) is 31.7 Å². The van der Waals surface area contributed by atoms with Crippen molar-refractivity contribution in [2.24, 2.45) is 15.9 Å². The van der Waals surface area contributed by atoms with Gasteiger partial charge in [-0.15, -0.1) is 0 Å². The molecule has 2 atom stereocenters. The minimum Gasteiger partial charge on any atom is -0.383 e. The number of methoxy groups -OCH3 is 1. The van der Waals surface area contributed by atoms with Crippen molar-refractivity contribution >= 4 is 45.2 Å². The molecule has 2 heterocycles. The molecule has 2 aromatic carbocycles. The smallest absolute Gasteiger partial charge is 0.255 e. The third kappa shape index (κ3) is 6.35. The van der Waals surface area contributed by atoms with E-state index in [0.29, 0.717) is 35.9 Å². The highest BCUT2D eigenvalue weighted by Crippen LogP contribution is 2.32. The summed E-state index contributed by atoms with van der Waals surface area (Å²) >= 11 is 0. The first-order chi connectivity index (χ1) is 18.5. The van der Waals surface area contributed by atoms with Crippen LogP contribution in [0.2, 0.25) is 0 Å². The number of nitrogens with one attached hydrogen (secondary N) is 3. The molecule has 2 aromatic rings. The number of carbonyl (C=O) groups excluding carboxylic acids is 2. The molecule has 206 valence electrons. The largest absolute Gasteiger partial charge is 0.383 e. The van der Waals surface area contributed by atoms with E-state index in [9.17, 15) is 18.0 Å². The normalized spacial score (nSPS) is 18.5. The maximum atomic E-state index is 12.9. The van der Waals surface area contributed by atoms with Crippen LogP contribution in [0, 0.1) is 12.8 Å². The van der Waals surface area contributed by atoms with Crippen LogP contribution in [0.5, 0.6) is 0 Å². The van der Waals surface area contributed by atoms with Crippen LogP contribution in [0.1, 0.15) is 29.8 Å². The van der Waals surface area contributed by atoms with E-state index in [1.807, 2.05) is 31.8 Å². The van der Waals surface area contributed by atoms with Gasteiger partial charge >= 0.3 is 0 Å². The molecule has 0 aromatic heterocycles. The van der Waals surface area contributed by atoms with Gasteiger partial charge in [0, 0.05) is 30.7 Å². The number of nitrogens with zero attached hydrogens (tertiary/aromatic N) is 3. The summed E-state index contributed by atoms with van der Waals surface area (Å²) in [7, 11) is -1.76. The average molecular weight is 553 g/mol. The van der Waals surface area contributed by atoms with Gasteiger partial charge in [-0.25, -0.2) is 18.4 Å². The third-order valence-electron chi connectivity index (χ3n) is 6.50. The fourth-order valence-corrected chi connectivity index (χ4v) is 5.03. The summed E-state index contributed by atoms with van der Waals surface area (Å²) in [6, 6.07) is 11.0. The van der Waals surface area contributed by atoms with E-state index in [4.69, 9.17) is 9.73 Å². The fourth-order valence-electron chi connectivity index (χ4n) is 4.40. The summed E-state index contributed by atoms with van der Waals surface area (Å²) in [6.07, 6.45) is 2.65. The minimum atomic E-state index is -3.35. The molecule has 2 aliphatic rings. The number of amides is 2. The number of aliphatic imine (C=N–C) groups is 2. The number of fused-ring (bicyclic) bond motifs is 1. The lowest BCUT2D eigenvalue weighted by molar-refractivity contribution is -0.124. The van der Waals surface area contributed by atoms with Crippen LogP contribution in [-0.2, 0) is 19.4 Å². The molecule has 0 radical (unpaired) electrons. The van der Waals surface area contributed by atoms with Crippen LogP contribution in [0.25, 0.3) is 0 Å². The number of hydrazine groups is 1.